The SMILES string of the molecule is CCCCN1C(=O)C(=O)C(=C(O)c2ccc(OC)cc2)C1c1ccc(Cl)cc1. The van der Waals surface area contributed by atoms with E-state index in [0.29, 0.717) is 22.9 Å². The number of halogens is 1. The van der Waals surface area contributed by atoms with E-state index >= 15 is 0 Å². The summed E-state index contributed by atoms with van der Waals surface area (Å²) in [6.45, 7) is 2.46. The number of amides is 1. The Hall–Kier alpha value is -2.79. The van der Waals surface area contributed by atoms with Gasteiger partial charge in [-0.1, -0.05) is 37.1 Å². The predicted molar refractivity (Wildman–Crippen MR) is 108 cm³/mol. The summed E-state index contributed by atoms with van der Waals surface area (Å²) in [7, 11) is 1.55. The molecule has 1 atom stereocenters. The van der Waals surface area contributed by atoms with Gasteiger partial charge in [-0.15, -0.1) is 0 Å². The van der Waals surface area contributed by atoms with Crippen LogP contribution in [-0.2, 0) is 9.59 Å². The normalized spacial score (nSPS) is 18.5. The summed E-state index contributed by atoms with van der Waals surface area (Å²) in [5.74, 6) is -0.831. The standard InChI is InChI=1S/C22H22ClNO4/c1-3-4-13-24-19(14-5-9-16(23)10-6-14)18(21(26)22(24)27)20(25)15-7-11-17(28-2)12-8-15/h5-12,19,25H,3-4,13H2,1-2H3. The number of methoxy groups -OCH3 is 1. The van der Waals surface area contributed by atoms with Crippen molar-refractivity contribution in [3.05, 3.63) is 70.3 Å². The third kappa shape index (κ3) is 3.76. The predicted octanol–water partition coefficient (Wildman–Crippen LogP) is 4.57. The average molecular weight is 400 g/mol. The van der Waals surface area contributed by atoms with Crippen molar-refractivity contribution in [1.29, 1.82) is 0 Å². The van der Waals surface area contributed by atoms with Crippen molar-refractivity contribution in [2.45, 2.75) is 25.8 Å². The van der Waals surface area contributed by atoms with Gasteiger partial charge in [-0.05, 0) is 48.4 Å². The lowest BCUT2D eigenvalue weighted by molar-refractivity contribution is -0.139. The summed E-state index contributed by atoms with van der Waals surface area (Å²) in [4.78, 5) is 27.0. The second kappa shape index (κ2) is 8.48. The van der Waals surface area contributed by atoms with Crippen LogP contribution in [0.5, 0.6) is 5.75 Å². The fourth-order valence-electron chi connectivity index (χ4n) is 3.34. The van der Waals surface area contributed by atoms with Crippen LogP contribution in [-0.4, -0.2) is 35.4 Å². The Bertz CT molecular complexity index is 903. The van der Waals surface area contributed by atoms with E-state index in [4.69, 9.17) is 16.3 Å². The molecule has 0 radical (unpaired) electrons. The number of ketones is 1. The van der Waals surface area contributed by atoms with Crippen molar-refractivity contribution in [3.63, 3.8) is 0 Å². The number of benzene rings is 2. The van der Waals surface area contributed by atoms with Crippen LogP contribution in [0, 0.1) is 0 Å². The summed E-state index contributed by atoms with van der Waals surface area (Å²) < 4.78 is 5.14. The number of hydrogen-bond donors (Lipinski definition) is 1. The smallest absolute Gasteiger partial charge is 0.295 e. The molecule has 2 aromatic rings. The van der Waals surface area contributed by atoms with E-state index in [1.165, 1.54) is 4.90 Å². The van der Waals surface area contributed by atoms with Crippen LogP contribution in [0.1, 0.15) is 36.9 Å². The largest absolute Gasteiger partial charge is 0.507 e. The third-order valence-electron chi connectivity index (χ3n) is 4.84. The van der Waals surface area contributed by atoms with E-state index in [9.17, 15) is 14.7 Å². The summed E-state index contributed by atoms with van der Waals surface area (Å²) in [5.41, 5.74) is 1.27. The lowest BCUT2D eigenvalue weighted by Crippen LogP contribution is -2.30. The van der Waals surface area contributed by atoms with Gasteiger partial charge in [0.2, 0.25) is 0 Å². The number of likely N-dealkylation sites (tertiary alicyclic amines) is 1. The van der Waals surface area contributed by atoms with E-state index in [1.54, 1.807) is 55.6 Å². The lowest BCUT2D eigenvalue weighted by atomic mass is 9.95. The minimum atomic E-state index is -0.677. The zero-order chi connectivity index (χ0) is 20.3. The number of rotatable bonds is 6. The highest BCUT2D eigenvalue weighted by Crippen LogP contribution is 2.39. The Kier molecular flexibility index (Phi) is 6.05. The molecule has 1 saturated heterocycles. The van der Waals surface area contributed by atoms with Crippen LogP contribution in [0.25, 0.3) is 5.76 Å². The molecule has 1 amide bonds. The highest BCUT2D eigenvalue weighted by Gasteiger charge is 2.45. The number of unbranched alkanes of at least 4 members (excludes halogenated alkanes) is 1. The highest BCUT2D eigenvalue weighted by atomic mass is 35.5. The third-order valence-corrected chi connectivity index (χ3v) is 5.09. The zero-order valence-corrected chi connectivity index (χ0v) is 16.6. The molecule has 1 aliphatic rings. The van der Waals surface area contributed by atoms with Gasteiger partial charge >= 0.3 is 0 Å². The molecule has 1 fully saturated rings. The fraction of sp³-hybridized carbons (Fsp3) is 0.273. The molecule has 146 valence electrons. The first kappa shape index (κ1) is 20.0. The van der Waals surface area contributed by atoms with E-state index in [1.807, 2.05) is 6.92 Å². The van der Waals surface area contributed by atoms with Gasteiger partial charge < -0.3 is 14.7 Å². The Labute approximate surface area is 169 Å². The molecule has 0 aromatic heterocycles. The number of carbonyl (C=O) groups is 2. The summed E-state index contributed by atoms with van der Waals surface area (Å²) in [6.07, 6.45) is 1.65. The summed E-state index contributed by atoms with van der Waals surface area (Å²) in [5, 5.41) is 11.5. The molecule has 0 aliphatic carbocycles. The number of aliphatic hydroxyl groups excluding tert-OH is 1. The molecule has 1 unspecified atom stereocenters. The van der Waals surface area contributed by atoms with Crippen LogP contribution in [0.2, 0.25) is 5.02 Å². The van der Waals surface area contributed by atoms with Crippen LogP contribution in [0.3, 0.4) is 0 Å². The van der Waals surface area contributed by atoms with E-state index < -0.39 is 17.7 Å². The maximum atomic E-state index is 12.8. The first-order valence-corrected chi connectivity index (χ1v) is 9.54. The van der Waals surface area contributed by atoms with E-state index in [2.05, 4.69) is 0 Å². The number of nitrogens with zero attached hydrogens (tertiary/aromatic N) is 1. The van der Waals surface area contributed by atoms with Crippen molar-refractivity contribution in [3.8, 4) is 5.75 Å². The molecule has 6 heteroatoms. The molecule has 1 N–H and O–H groups in total. The second-order valence-corrected chi connectivity index (χ2v) is 7.06. The van der Waals surface area contributed by atoms with Crippen LogP contribution in [0.15, 0.2) is 54.1 Å². The zero-order valence-electron chi connectivity index (χ0n) is 15.8. The van der Waals surface area contributed by atoms with Gasteiger partial charge in [0.1, 0.15) is 11.5 Å². The van der Waals surface area contributed by atoms with Crippen LogP contribution in [0.4, 0.5) is 0 Å². The molecule has 0 bridgehead atoms. The van der Waals surface area contributed by atoms with Crippen molar-refractivity contribution < 1.29 is 19.4 Å². The maximum Gasteiger partial charge on any atom is 0.295 e. The van der Waals surface area contributed by atoms with Crippen molar-refractivity contribution in [2.75, 3.05) is 13.7 Å². The number of aliphatic hydroxyl groups is 1. The van der Waals surface area contributed by atoms with Gasteiger partial charge in [0, 0.05) is 17.1 Å². The van der Waals surface area contributed by atoms with Crippen molar-refractivity contribution in [2.24, 2.45) is 0 Å². The molecular formula is C22H22ClNO4. The Morgan fingerprint density at radius 2 is 1.75 bits per heavy atom. The molecule has 28 heavy (non-hydrogen) atoms. The number of ether oxygens (including phenoxy) is 1. The molecular weight excluding hydrogens is 378 g/mol. The molecule has 0 saturated carbocycles. The maximum absolute atomic E-state index is 12.8. The van der Waals surface area contributed by atoms with E-state index in [-0.39, 0.29) is 11.3 Å². The van der Waals surface area contributed by atoms with Gasteiger partial charge in [-0.2, -0.15) is 0 Å². The van der Waals surface area contributed by atoms with Gasteiger partial charge in [0.15, 0.2) is 0 Å². The Balaban J connectivity index is 2.12. The topological polar surface area (TPSA) is 66.8 Å². The van der Waals surface area contributed by atoms with Crippen LogP contribution < -0.4 is 4.74 Å². The Morgan fingerprint density at radius 1 is 1.11 bits per heavy atom. The number of carbonyl (C=O) groups excluding carboxylic acids is 2. The molecule has 1 heterocycles. The van der Waals surface area contributed by atoms with Gasteiger partial charge in [0.05, 0.1) is 18.7 Å². The molecule has 1 aliphatic heterocycles. The minimum absolute atomic E-state index is 0.0913. The summed E-state index contributed by atoms with van der Waals surface area (Å²) in [6, 6.07) is 13.0. The van der Waals surface area contributed by atoms with Gasteiger partial charge in [-0.3, -0.25) is 9.59 Å². The van der Waals surface area contributed by atoms with Gasteiger partial charge in [-0.25, -0.2) is 0 Å². The fourth-order valence-corrected chi connectivity index (χ4v) is 3.46. The van der Waals surface area contributed by atoms with E-state index in [0.717, 1.165) is 18.4 Å². The second-order valence-electron chi connectivity index (χ2n) is 6.63. The minimum Gasteiger partial charge on any atom is -0.507 e. The molecule has 3 rings (SSSR count). The molecule has 2 aromatic carbocycles. The van der Waals surface area contributed by atoms with Crippen LogP contribution >= 0.6 is 11.6 Å². The Morgan fingerprint density at radius 3 is 2.32 bits per heavy atom. The molecule has 5 nitrogen and oxygen atoms in total. The van der Waals surface area contributed by atoms with Crippen molar-refractivity contribution >= 4 is 29.1 Å². The first-order chi connectivity index (χ1) is 13.5. The summed E-state index contributed by atoms with van der Waals surface area (Å²) >= 11 is 6.00. The lowest BCUT2D eigenvalue weighted by Gasteiger charge is -2.25. The first-order valence-electron chi connectivity index (χ1n) is 9.16. The monoisotopic (exact) mass is 399 g/mol. The average Bonchev–Trinajstić information content (AvgIpc) is 2.97. The highest BCUT2D eigenvalue weighted by molar-refractivity contribution is 6.46. The quantitative estimate of drug-likeness (QED) is 0.439. The molecule has 0 spiro atoms. The van der Waals surface area contributed by atoms with Crippen molar-refractivity contribution in [1.82, 2.24) is 4.90 Å². The van der Waals surface area contributed by atoms with Gasteiger partial charge in [0.25, 0.3) is 11.7 Å². The number of hydrogen-bond acceptors (Lipinski definition) is 4. The number of Topliss-reactive ketones (excluding diaryl/α,β-unsaturated/α-hetero) is 1.